The van der Waals surface area contributed by atoms with E-state index in [1.807, 2.05) is 36.4 Å². The molecule has 0 aliphatic rings. The van der Waals surface area contributed by atoms with Gasteiger partial charge in [0.15, 0.2) is 0 Å². The zero-order valence-electron chi connectivity index (χ0n) is 10.5. The van der Waals surface area contributed by atoms with Crippen LogP contribution in [0.3, 0.4) is 0 Å². The number of alkyl halides is 3. The van der Waals surface area contributed by atoms with Crippen LogP contribution >= 0.6 is 21.4 Å². The van der Waals surface area contributed by atoms with Crippen LogP contribution in [0.25, 0.3) is 0 Å². The second-order valence-electron chi connectivity index (χ2n) is 3.40. The first kappa shape index (κ1) is 19.8. The van der Waals surface area contributed by atoms with Gasteiger partial charge in [0, 0.05) is 21.4 Å². The summed E-state index contributed by atoms with van der Waals surface area (Å²) in [7, 11) is 4.81. The molecular weight excluding hydrogens is 348 g/mol. The van der Waals surface area contributed by atoms with Gasteiger partial charge in [0.2, 0.25) is 0 Å². The normalized spacial score (nSPS) is 10.5. The zero-order valence-corrected chi connectivity index (χ0v) is 12.8. The van der Waals surface area contributed by atoms with Crippen molar-refractivity contribution in [3.8, 4) is 0 Å². The molecule has 21 heavy (non-hydrogen) atoms. The lowest BCUT2D eigenvalue weighted by atomic mass is 10.2. The van der Waals surface area contributed by atoms with Gasteiger partial charge >= 0.3 is 14.4 Å². The maximum Gasteiger partial charge on any atom is 0.416 e. The summed E-state index contributed by atoms with van der Waals surface area (Å²) in [6.07, 6.45) is -4.21. The van der Waals surface area contributed by atoms with Crippen LogP contribution in [-0.2, 0) is 14.4 Å². The lowest BCUT2D eigenvalue weighted by Gasteiger charge is -2.03. The van der Waals surface area contributed by atoms with E-state index < -0.39 is 20.0 Å². The maximum absolute atomic E-state index is 11.8. The van der Waals surface area contributed by atoms with Gasteiger partial charge in [-0.15, -0.1) is 0 Å². The quantitative estimate of drug-likeness (QED) is 0.614. The van der Waals surface area contributed by atoms with Crippen molar-refractivity contribution in [2.45, 2.75) is 6.18 Å². The van der Waals surface area contributed by atoms with Gasteiger partial charge < -0.3 is 0 Å². The highest BCUT2D eigenvalue weighted by Crippen LogP contribution is 2.28. The topological polar surface area (TPSA) is 34.1 Å². The predicted octanol–water partition coefficient (Wildman–Crippen LogP) is 5.10. The van der Waals surface area contributed by atoms with E-state index in [2.05, 4.69) is 21.4 Å². The Hall–Kier alpha value is -1.24. The fourth-order valence-electron chi connectivity index (χ4n) is 1.01. The molecule has 0 atom stereocenters. The number of hydrogen-bond acceptors (Lipinski definition) is 2. The highest BCUT2D eigenvalue weighted by Gasteiger charge is 2.29. The minimum atomic E-state index is -4.21. The fourth-order valence-corrected chi connectivity index (χ4v) is 1.01. The second-order valence-corrected chi connectivity index (χ2v) is 7.07. The summed E-state index contributed by atoms with van der Waals surface area (Å²) in [6, 6.07) is 18.4. The van der Waals surface area contributed by atoms with Crippen molar-refractivity contribution in [2.75, 3.05) is 0 Å². The smallest absolute Gasteiger partial charge is 0.195 e. The van der Waals surface area contributed by atoms with Crippen molar-refractivity contribution < 1.29 is 21.6 Å². The van der Waals surface area contributed by atoms with E-state index in [4.69, 9.17) is 8.42 Å². The van der Waals surface area contributed by atoms with E-state index in [0.29, 0.717) is 0 Å². The van der Waals surface area contributed by atoms with Crippen LogP contribution in [0.4, 0.5) is 13.2 Å². The fraction of sp³-hybridized carbons (Fsp3) is 0.0769. The zero-order chi connectivity index (χ0) is 16.4. The molecule has 0 saturated heterocycles. The third kappa shape index (κ3) is 15.0. The summed E-state index contributed by atoms with van der Waals surface area (Å²) in [4.78, 5) is 0. The molecule has 0 amide bonds. The van der Waals surface area contributed by atoms with Gasteiger partial charge in [0.25, 0.3) is 0 Å². The van der Waals surface area contributed by atoms with Crippen molar-refractivity contribution in [3.63, 3.8) is 0 Å². The maximum atomic E-state index is 11.8. The van der Waals surface area contributed by atoms with Crippen molar-refractivity contribution >= 4 is 29.6 Å². The first-order chi connectivity index (χ1) is 9.61. The van der Waals surface area contributed by atoms with Crippen LogP contribution in [0, 0.1) is 0 Å². The summed E-state index contributed by atoms with van der Waals surface area (Å²) >= 11 is 0. The molecule has 0 saturated carbocycles. The van der Waals surface area contributed by atoms with E-state index in [1.165, 1.54) is 12.1 Å². The average Bonchev–Trinajstić information content (AvgIpc) is 2.40. The van der Waals surface area contributed by atoms with Crippen LogP contribution in [0.5, 0.6) is 0 Å². The second kappa shape index (κ2) is 9.65. The molecule has 0 heterocycles. The molecule has 0 bridgehead atoms. The van der Waals surface area contributed by atoms with E-state index >= 15 is 0 Å². The lowest BCUT2D eigenvalue weighted by Crippen LogP contribution is -2.03. The number of hydrogen-bond donors (Lipinski definition) is 0. The third-order valence-corrected chi connectivity index (χ3v) is 1.77. The molecule has 0 aliphatic carbocycles. The molecule has 0 aliphatic heterocycles. The molecule has 2 rings (SSSR count). The van der Waals surface area contributed by atoms with Gasteiger partial charge in [-0.1, -0.05) is 66.7 Å². The number of halogens is 5. The molecule has 8 heteroatoms. The van der Waals surface area contributed by atoms with Crippen LogP contribution in [0.15, 0.2) is 66.7 Å². The van der Waals surface area contributed by atoms with Crippen molar-refractivity contribution in [2.24, 2.45) is 0 Å². The first-order valence-corrected chi connectivity index (χ1v) is 8.51. The van der Waals surface area contributed by atoms with Gasteiger partial charge in [0.1, 0.15) is 0 Å². The van der Waals surface area contributed by atoms with E-state index in [0.717, 1.165) is 12.1 Å². The molecule has 0 unspecified atom stereocenters. The summed E-state index contributed by atoms with van der Waals surface area (Å²) in [5.41, 5.74) is -0.602. The van der Waals surface area contributed by atoms with Crippen LogP contribution in [0.2, 0.25) is 0 Å². The minimum Gasteiger partial charge on any atom is -0.195 e. The van der Waals surface area contributed by atoms with Crippen molar-refractivity contribution in [1.82, 2.24) is 0 Å². The van der Waals surface area contributed by atoms with Gasteiger partial charge in [-0.05, 0) is 0 Å². The average molecular weight is 359 g/mol. The van der Waals surface area contributed by atoms with Crippen molar-refractivity contribution in [1.29, 1.82) is 0 Å². The molecule has 0 N–H and O–H groups in total. The Bertz CT molecular complexity index is 553. The Balaban J connectivity index is 0.000000312. The van der Waals surface area contributed by atoms with Crippen LogP contribution in [0.1, 0.15) is 5.56 Å². The number of benzene rings is 2. The molecule has 0 aromatic heterocycles. The van der Waals surface area contributed by atoms with Gasteiger partial charge in [-0.25, -0.2) is 0 Å². The molecule has 2 nitrogen and oxygen atoms in total. The van der Waals surface area contributed by atoms with Gasteiger partial charge in [-0.2, -0.15) is 21.6 Å². The minimum absolute atomic E-state index is 0.602. The van der Waals surface area contributed by atoms with Crippen molar-refractivity contribution in [3.05, 3.63) is 72.3 Å². The highest BCUT2D eigenvalue weighted by atomic mass is 36.0. The molecule has 116 valence electrons. The molecular formula is C13H11Cl2F3O2S. The summed E-state index contributed by atoms with van der Waals surface area (Å²) in [5.74, 6) is 0. The van der Waals surface area contributed by atoms with Crippen LogP contribution in [-0.4, -0.2) is 8.42 Å². The van der Waals surface area contributed by atoms with Gasteiger partial charge in [-0.3, -0.25) is 0 Å². The number of rotatable bonds is 0. The first-order valence-electron chi connectivity index (χ1n) is 5.37. The summed E-state index contributed by atoms with van der Waals surface area (Å²) < 4.78 is 53.7. The Morgan fingerprint density at radius 3 is 1.14 bits per heavy atom. The summed E-state index contributed by atoms with van der Waals surface area (Å²) in [6.45, 7) is 0. The van der Waals surface area contributed by atoms with Gasteiger partial charge in [0.05, 0.1) is 5.56 Å². The Morgan fingerprint density at radius 2 is 0.952 bits per heavy atom. The van der Waals surface area contributed by atoms with E-state index in [-0.39, 0.29) is 0 Å². The lowest BCUT2D eigenvalue weighted by molar-refractivity contribution is -0.137. The van der Waals surface area contributed by atoms with E-state index in [9.17, 15) is 13.2 Å². The molecule has 0 spiro atoms. The Labute approximate surface area is 130 Å². The standard InChI is InChI=1S/C7H5F3.C6H6.Cl2O2S/c8-7(9,10)6-4-2-1-3-5-6;1-2-4-6-5-3-1;1-5(2,3)4/h1-5H;1-6H;. The Morgan fingerprint density at radius 1 is 0.714 bits per heavy atom. The SMILES string of the molecule is FC(F)(F)c1ccccc1.O=S(=O)(Cl)Cl.c1ccccc1. The summed E-state index contributed by atoms with van der Waals surface area (Å²) in [5, 5.41) is 0. The monoisotopic (exact) mass is 358 g/mol. The largest absolute Gasteiger partial charge is 0.416 e. The Kier molecular flexibility index (Phi) is 9.08. The predicted molar refractivity (Wildman–Crippen MR) is 78.5 cm³/mol. The third-order valence-electron chi connectivity index (χ3n) is 1.77. The highest BCUT2D eigenvalue weighted by molar-refractivity contribution is 8.31. The van der Waals surface area contributed by atoms with E-state index in [1.54, 1.807) is 6.07 Å². The molecule has 2 aromatic carbocycles. The molecule has 0 fully saturated rings. The molecule has 0 radical (unpaired) electrons. The van der Waals surface area contributed by atoms with Crippen LogP contribution < -0.4 is 0 Å². The molecule has 2 aromatic rings.